The molecule has 2 aromatic heterocycles. The average Bonchev–Trinajstić information content (AvgIpc) is 3.18. The highest BCUT2D eigenvalue weighted by atomic mass is 16.3. The molecule has 126 valence electrons. The van der Waals surface area contributed by atoms with Crippen LogP contribution in [-0.2, 0) is 17.6 Å². The van der Waals surface area contributed by atoms with Gasteiger partial charge >= 0.3 is 0 Å². The molecule has 0 aliphatic rings. The van der Waals surface area contributed by atoms with Crippen LogP contribution in [0.5, 0.6) is 0 Å². The second kappa shape index (κ2) is 6.43. The standard InChI is InChI=1S/C20H19N3O2/c1-13-6-7-15-14(12-25-18(15)10-13)11-20(24)21-9-8-19-22-16-4-2-3-5-17(16)23-19/h2-7,10,12H,8-9,11H2,1H3,(H,21,24)(H,22,23). The van der Waals surface area contributed by atoms with Gasteiger partial charge in [-0.1, -0.05) is 24.3 Å². The van der Waals surface area contributed by atoms with E-state index in [1.165, 1.54) is 0 Å². The molecule has 1 amide bonds. The zero-order chi connectivity index (χ0) is 17.2. The van der Waals surface area contributed by atoms with Gasteiger partial charge < -0.3 is 14.7 Å². The minimum Gasteiger partial charge on any atom is -0.464 e. The van der Waals surface area contributed by atoms with Crippen molar-refractivity contribution in [3.8, 4) is 0 Å². The van der Waals surface area contributed by atoms with E-state index in [0.717, 1.165) is 39.0 Å². The van der Waals surface area contributed by atoms with E-state index >= 15 is 0 Å². The number of aromatic nitrogens is 2. The summed E-state index contributed by atoms with van der Waals surface area (Å²) in [7, 11) is 0. The Kier molecular flexibility index (Phi) is 3.98. The number of carbonyl (C=O) groups excluding carboxylic acids is 1. The Bertz CT molecular complexity index is 1010. The predicted octanol–water partition coefficient (Wildman–Crippen LogP) is 3.52. The summed E-state index contributed by atoms with van der Waals surface area (Å²) >= 11 is 0. The highest BCUT2D eigenvalue weighted by molar-refractivity contribution is 5.87. The fourth-order valence-electron chi connectivity index (χ4n) is 3.01. The highest BCUT2D eigenvalue weighted by Gasteiger charge is 2.10. The molecule has 0 bridgehead atoms. The summed E-state index contributed by atoms with van der Waals surface area (Å²) in [5, 5.41) is 3.95. The number of amides is 1. The molecule has 2 heterocycles. The van der Waals surface area contributed by atoms with Gasteiger partial charge in [-0.15, -0.1) is 0 Å². The van der Waals surface area contributed by atoms with Crippen LogP contribution in [0, 0.1) is 6.92 Å². The Hall–Kier alpha value is -3.08. The molecule has 0 atom stereocenters. The van der Waals surface area contributed by atoms with Crippen LogP contribution in [0.15, 0.2) is 53.1 Å². The third kappa shape index (κ3) is 3.26. The van der Waals surface area contributed by atoms with Crippen molar-refractivity contribution >= 4 is 27.9 Å². The number of nitrogens with zero attached hydrogens (tertiary/aromatic N) is 1. The van der Waals surface area contributed by atoms with Crippen molar-refractivity contribution in [1.82, 2.24) is 15.3 Å². The molecule has 0 spiro atoms. The maximum atomic E-state index is 12.2. The van der Waals surface area contributed by atoms with Gasteiger partial charge in [0.1, 0.15) is 11.4 Å². The zero-order valence-electron chi connectivity index (χ0n) is 14.0. The van der Waals surface area contributed by atoms with E-state index < -0.39 is 0 Å². The van der Waals surface area contributed by atoms with Crippen molar-refractivity contribution in [2.24, 2.45) is 0 Å². The molecule has 25 heavy (non-hydrogen) atoms. The molecule has 0 unspecified atom stereocenters. The number of hydrogen-bond donors (Lipinski definition) is 2. The van der Waals surface area contributed by atoms with Crippen LogP contribution >= 0.6 is 0 Å². The Balaban J connectivity index is 1.35. The molecule has 4 aromatic rings. The summed E-state index contributed by atoms with van der Waals surface area (Å²) < 4.78 is 5.54. The summed E-state index contributed by atoms with van der Waals surface area (Å²) in [6, 6.07) is 13.9. The number of aryl methyl sites for hydroxylation is 1. The minimum absolute atomic E-state index is 0.0145. The van der Waals surface area contributed by atoms with Crippen molar-refractivity contribution in [1.29, 1.82) is 0 Å². The molecule has 2 aromatic carbocycles. The summed E-state index contributed by atoms with van der Waals surface area (Å²) in [5.74, 6) is 0.866. The van der Waals surface area contributed by atoms with Gasteiger partial charge in [0.2, 0.25) is 5.91 Å². The van der Waals surface area contributed by atoms with Crippen molar-refractivity contribution < 1.29 is 9.21 Å². The third-order valence-electron chi connectivity index (χ3n) is 4.28. The number of para-hydroxylation sites is 2. The number of nitrogens with one attached hydrogen (secondary N) is 2. The maximum Gasteiger partial charge on any atom is 0.224 e. The molecule has 0 saturated carbocycles. The van der Waals surface area contributed by atoms with Gasteiger partial charge in [0, 0.05) is 23.9 Å². The van der Waals surface area contributed by atoms with Crippen LogP contribution in [0.3, 0.4) is 0 Å². The Labute approximate surface area is 145 Å². The topological polar surface area (TPSA) is 70.9 Å². The SMILES string of the molecule is Cc1ccc2c(CC(=O)NCCc3nc4ccccc4[nH]3)coc2c1. The van der Waals surface area contributed by atoms with Crippen LogP contribution < -0.4 is 5.32 Å². The van der Waals surface area contributed by atoms with Gasteiger partial charge in [-0.05, 0) is 30.7 Å². The lowest BCUT2D eigenvalue weighted by atomic mass is 10.1. The van der Waals surface area contributed by atoms with E-state index in [-0.39, 0.29) is 5.91 Å². The Morgan fingerprint density at radius 2 is 2.12 bits per heavy atom. The van der Waals surface area contributed by atoms with Gasteiger partial charge in [0.05, 0.1) is 23.7 Å². The lowest BCUT2D eigenvalue weighted by Gasteiger charge is -2.03. The highest BCUT2D eigenvalue weighted by Crippen LogP contribution is 2.22. The molecule has 2 N–H and O–H groups in total. The molecule has 0 radical (unpaired) electrons. The third-order valence-corrected chi connectivity index (χ3v) is 4.28. The lowest BCUT2D eigenvalue weighted by molar-refractivity contribution is -0.120. The number of furan rings is 1. The lowest BCUT2D eigenvalue weighted by Crippen LogP contribution is -2.27. The Morgan fingerprint density at radius 1 is 1.24 bits per heavy atom. The molecule has 0 saturated heterocycles. The molecular formula is C20H19N3O2. The number of aromatic amines is 1. The van der Waals surface area contributed by atoms with Gasteiger partial charge in [-0.2, -0.15) is 0 Å². The predicted molar refractivity (Wildman–Crippen MR) is 97.5 cm³/mol. The minimum atomic E-state index is -0.0145. The van der Waals surface area contributed by atoms with Gasteiger partial charge in [0.15, 0.2) is 0 Å². The van der Waals surface area contributed by atoms with E-state index in [1.807, 2.05) is 49.4 Å². The molecule has 5 heteroatoms. The molecule has 5 nitrogen and oxygen atoms in total. The fraction of sp³-hybridized carbons (Fsp3) is 0.200. The number of hydrogen-bond acceptors (Lipinski definition) is 3. The smallest absolute Gasteiger partial charge is 0.224 e. The molecular weight excluding hydrogens is 314 g/mol. The van der Waals surface area contributed by atoms with Crippen LogP contribution in [0.1, 0.15) is 17.0 Å². The first kappa shape index (κ1) is 15.4. The molecule has 0 fully saturated rings. The monoisotopic (exact) mass is 333 g/mol. The van der Waals surface area contributed by atoms with E-state index in [1.54, 1.807) is 6.26 Å². The van der Waals surface area contributed by atoms with Crippen LogP contribution in [0.4, 0.5) is 0 Å². The summed E-state index contributed by atoms with van der Waals surface area (Å²) in [4.78, 5) is 20.0. The first-order valence-corrected chi connectivity index (χ1v) is 8.36. The van der Waals surface area contributed by atoms with Gasteiger partial charge in [0.25, 0.3) is 0 Å². The first-order valence-electron chi connectivity index (χ1n) is 8.36. The van der Waals surface area contributed by atoms with Crippen molar-refractivity contribution in [3.63, 3.8) is 0 Å². The Morgan fingerprint density at radius 3 is 3.00 bits per heavy atom. The maximum absolute atomic E-state index is 12.2. The van der Waals surface area contributed by atoms with Crippen LogP contribution in [0.2, 0.25) is 0 Å². The van der Waals surface area contributed by atoms with Crippen LogP contribution in [0.25, 0.3) is 22.0 Å². The van der Waals surface area contributed by atoms with E-state index in [2.05, 4.69) is 15.3 Å². The largest absolute Gasteiger partial charge is 0.464 e. The molecule has 0 aliphatic heterocycles. The summed E-state index contributed by atoms with van der Waals surface area (Å²) in [5.41, 5.74) is 4.85. The molecule has 4 rings (SSSR count). The zero-order valence-corrected chi connectivity index (χ0v) is 14.0. The molecule has 0 aliphatic carbocycles. The number of fused-ring (bicyclic) bond motifs is 2. The number of rotatable bonds is 5. The number of imidazole rings is 1. The van der Waals surface area contributed by atoms with Gasteiger partial charge in [-0.3, -0.25) is 4.79 Å². The number of H-pyrrole nitrogens is 1. The second-order valence-corrected chi connectivity index (χ2v) is 6.24. The normalized spacial score (nSPS) is 11.2. The van der Waals surface area contributed by atoms with E-state index in [4.69, 9.17) is 4.42 Å². The summed E-state index contributed by atoms with van der Waals surface area (Å²) in [6.07, 6.45) is 2.66. The number of benzene rings is 2. The first-order chi connectivity index (χ1) is 12.2. The van der Waals surface area contributed by atoms with Crippen molar-refractivity contribution in [2.75, 3.05) is 6.54 Å². The quantitative estimate of drug-likeness (QED) is 0.587. The summed E-state index contributed by atoms with van der Waals surface area (Å²) in [6.45, 7) is 2.57. The van der Waals surface area contributed by atoms with Gasteiger partial charge in [-0.25, -0.2) is 4.98 Å². The fourth-order valence-corrected chi connectivity index (χ4v) is 3.01. The van der Waals surface area contributed by atoms with Crippen molar-refractivity contribution in [3.05, 3.63) is 65.7 Å². The van der Waals surface area contributed by atoms with E-state index in [0.29, 0.717) is 19.4 Å². The van der Waals surface area contributed by atoms with Crippen LogP contribution in [-0.4, -0.2) is 22.4 Å². The average molecular weight is 333 g/mol. The van der Waals surface area contributed by atoms with Crippen molar-refractivity contribution in [2.45, 2.75) is 19.8 Å². The second-order valence-electron chi connectivity index (χ2n) is 6.24. The number of carbonyl (C=O) groups is 1. The van der Waals surface area contributed by atoms with E-state index in [9.17, 15) is 4.79 Å².